The van der Waals surface area contributed by atoms with E-state index in [1.54, 1.807) is 13.8 Å². The normalized spacial score (nSPS) is 11.3. The van der Waals surface area contributed by atoms with E-state index in [2.05, 4.69) is 10.6 Å². The molecule has 0 aromatic carbocycles. The van der Waals surface area contributed by atoms with Crippen molar-refractivity contribution in [2.75, 3.05) is 6.61 Å². The molecule has 0 saturated carbocycles. The summed E-state index contributed by atoms with van der Waals surface area (Å²) in [5, 5.41) is 5.25. The van der Waals surface area contributed by atoms with E-state index in [-0.39, 0.29) is 5.91 Å². The first-order valence-electron chi connectivity index (χ1n) is 4.60. The van der Waals surface area contributed by atoms with Crippen molar-refractivity contribution in [3.8, 4) is 0 Å². The second-order valence-corrected chi connectivity index (χ2v) is 2.76. The molecule has 2 N–H and O–H groups in total. The molecule has 0 radical (unpaired) electrons. The number of amides is 1. The third-order valence-corrected chi connectivity index (χ3v) is 1.30. The van der Waals surface area contributed by atoms with Gasteiger partial charge >= 0.3 is 5.97 Å². The number of rotatable bonds is 5. The number of allylic oxidation sites excluding steroid dienone is 1. The van der Waals surface area contributed by atoms with Crippen LogP contribution in [-0.4, -0.2) is 18.5 Å². The summed E-state index contributed by atoms with van der Waals surface area (Å²) in [5.74, 6) is -0.546. The highest BCUT2D eigenvalue weighted by Gasteiger charge is 1.95. The topological polar surface area (TPSA) is 67.4 Å². The Hall–Kier alpha value is -1.78. The molecule has 0 saturated heterocycles. The third-order valence-electron chi connectivity index (χ3n) is 1.30. The minimum atomic E-state index is -0.393. The van der Waals surface area contributed by atoms with Gasteiger partial charge < -0.3 is 15.4 Å². The molecule has 0 unspecified atom stereocenters. The summed E-state index contributed by atoms with van der Waals surface area (Å²) in [6.45, 7) is 5.22. The van der Waals surface area contributed by atoms with Gasteiger partial charge in [-0.25, -0.2) is 4.79 Å². The third kappa shape index (κ3) is 8.55. The molecule has 0 rings (SSSR count). The lowest BCUT2D eigenvalue weighted by Gasteiger charge is -2.00. The number of nitrogens with one attached hydrogen (secondary N) is 2. The molecule has 0 atom stereocenters. The molecule has 15 heavy (non-hydrogen) atoms. The molecule has 0 aliphatic carbocycles. The van der Waals surface area contributed by atoms with Crippen molar-refractivity contribution in [2.24, 2.45) is 0 Å². The lowest BCUT2D eigenvalue weighted by Crippen LogP contribution is -2.14. The molecule has 0 aliphatic rings. The quantitative estimate of drug-likeness (QED) is 0.518. The van der Waals surface area contributed by atoms with Crippen molar-refractivity contribution in [1.82, 2.24) is 10.6 Å². The molecule has 5 heteroatoms. The Morgan fingerprint density at radius 2 is 1.80 bits per heavy atom. The van der Waals surface area contributed by atoms with E-state index in [9.17, 15) is 9.59 Å². The van der Waals surface area contributed by atoms with Crippen molar-refractivity contribution in [1.29, 1.82) is 0 Å². The van der Waals surface area contributed by atoms with Gasteiger partial charge in [0.15, 0.2) is 0 Å². The molecule has 0 aliphatic heterocycles. The molecule has 0 spiro atoms. The summed E-state index contributed by atoms with van der Waals surface area (Å²) in [6, 6.07) is 0. The van der Waals surface area contributed by atoms with E-state index in [4.69, 9.17) is 4.74 Å². The highest BCUT2D eigenvalue weighted by Crippen LogP contribution is 1.89. The van der Waals surface area contributed by atoms with Crippen LogP contribution in [0.25, 0.3) is 0 Å². The van der Waals surface area contributed by atoms with E-state index < -0.39 is 5.97 Å². The summed E-state index contributed by atoms with van der Waals surface area (Å²) in [5.41, 5.74) is 0.634. The summed E-state index contributed by atoms with van der Waals surface area (Å²) in [7, 11) is 0. The average Bonchev–Trinajstić information content (AvgIpc) is 2.12. The molecule has 0 fully saturated rings. The van der Waals surface area contributed by atoms with Crippen LogP contribution in [0.1, 0.15) is 20.8 Å². The number of carbonyl (C=O) groups is 2. The summed E-state index contributed by atoms with van der Waals surface area (Å²) in [6.07, 6.45) is 4.30. The highest BCUT2D eigenvalue weighted by molar-refractivity contribution is 5.82. The number of hydrogen-bond donors (Lipinski definition) is 2. The van der Waals surface area contributed by atoms with Gasteiger partial charge in [0, 0.05) is 31.1 Å². The summed E-state index contributed by atoms with van der Waals surface area (Å²) in [4.78, 5) is 21.4. The summed E-state index contributed by atoms with van der Waals surface area (Å²) < 4.78 is 4.71. The number of esters is 1. The first-order valence-corrected chi connectivity index (χ1v) is 4.60. The van der Waals surface area contributed by atoms with Gasteiger partial charge in [-0.05, 0) is 13.8 Å². The van der Waals surface area contributed by atoms with Crippen LogP contribution in [0, 0.1) is 0 Å². The van der Waals surface area contributed by atoms with Gasteiger partial charge in [0.05, 0.1) is 6.61 Å². The molecule has 0 aromatic heterocycles. The van der Waals surface area contributed by atoms with Crippen LogP contribution in [-0.2, 0) is 14.3 Å². The SMILES string of the molecule is CCOC(=O)/C=C(/C)N/C=C\NC(C)=O. The Morgan fingerprint density at radius 3 is 2.33 bits per heavy atom. The summed E-state index contributed by atoms with van der Waals surface area (Å²) >= 11 is 0. The maximum Gasteiger partial charge on any atom is 0.332 e. The van der Waals surface area contributed by atoms with Crippen molar-refractivity contribution in [3.05, 3.63) is 24.2 Å². The first-order chi connectivity index (χ1) is 7.06. The molecule has 84 valence electrons. The van der Waals surface area contributed by atoms with E-state index >= 15 is 0 Å². The molecule has 0 heterocycles. The maximum absolute atomic E-state index is 11.0. The van der Waals surface area contributed by atoms with Gasteiger partial charge in [0.2, 0.25) is 5.91 Å². The van der Waals surface area contributed by atoms with E-state index in [0.29, 0.717) is 12.3 Å². The average molecular weight is 212 g/mol. The van der Waals surface area contributed by atoms with Crippen molar-refractivity contribution < 1.29 is 14.3 Å². The van der Waals surface area contributed by atoms with Crippen LogP contribution in [0.5, 0.6) is 0 Å². The predicted octanol–water partition coefficient (Wildman–Crippen LogP) is 0.650. The zero-order valence-electron chi connectivity index (χ0n) is 9.16. The molecular formula is C10H16N2O3. The standard InChI is InChI=1S/C10H16N2O3/c1-4-15-10(14)7-8(2)11-5-6-12-9(3)13/h5-7,11H,4H2,1-3H3,(H,12,13)/b6-5-,8-7-. The van der Waals surface area contributed by atoms with Crippen LogP contribution in [0.3, 0.4) is 0 Å². The van der Waals surface area contributed by atoms with Crippen LogP contribution >= 0.6 is 0 Å². The Balaban J connectivity index is 3.91. The second kappa shape index (κ2) is 7.61. The molecule has 0 bridgehead atoms. The number of hydrogen-bond acceptors (Lipinski definition) is 4. The van der Waals surface area contributed by atoms with E-state index in [0.717, 1.165) is 0 Å². The predicted molar refractivity (Wildman–Crippen MR) is 56.5 cm³/mol. The fraction of sp³-hybridized carbons (Fsp3) is 0.400. The highest BCUT2D eigenvalue weighted by atomic mass is 16.5. The zero-order chi connectivity index (χ0) is 11.7. The van der Waals surface area contributed by atoms with Crippen molar-refractivity contribution in [3.63, 3.8) is 0 Å². The van der Waals surface area contributed by atoms with Gasteiger partial charge in [-0.2, -0.15) is 0 Å². The minimum Gasteiger partial charge on any atom is -0.463 e. The fourth-order valence-corrected chi connectivity index (χ4v) is 0.735. The van der Waals surface area contributed by atoms with E-state index in [1.807, 2.05) is 0 Å². The van der Waals surface area contributed by atoms with Crippen LogP contribution in [0.15, 0.2) is 24.2 Å². The van der Waals surface area contributed by atoms with Crippen LogP contribution in [0.4, 0.5) is 0 Å². The van der Waals surface area contributed by atoms with Gasteiger partial charge in [-0.1, -0.05) is 0 Å². The van der Waals surface area contributed by atoms with Gasteiger partial charge in [0.1, 0.15) is 0 Å². The lowest BCUT2D eigenvalue weighted by molar-refractivity contribution is -0.137. The Morgan fingerprint density at radius 1 is 1.20 bits per heavy atom. The Labute approximate surface area is 89.2 Å². The lowest BCUT2D eigenvalue weighted by atomic mass is 10.4. The Kier molecular flexibility index (Phi) is 6.70. The maximum atomic E-state index is 11.0. The molecule has 0 aromatic rings. The van der Waals surface area contributed by atoms with Gasteiger partial charge in [0.25, 0.3) is 0 Å². The molecular weight excluding hydrogens is 196 g/mol. The largest absolute Gasteiger partial charge is 0.463 e. The Bertz CT molecular complexity index is 282. The number of ether oxygens (including phenoxy) is 1. The van der Waals surface area contributed by atoms with E-state index in [1.165, 1.54) is 25.4 Å². The second-order valence-electron chi connectivity index (χ2n) is 2.76. The zero-order valence-corrected chi connectivity index (χ0v) is 9.16. The smallest absolute Gasteiger partial charge is 0.332 e. The van der Waals surface area contributed by atoms with Gasteiger partial charge in [-0.15, -0.1) is 0 Å². The molecule has 5 nitrogen and oxygen atoms in total. The van der Waals surface area contributed by atoms with Crippen LogP contribution < -0.4 is 10.6 Å². The van der Waals surface area contributed by atoms with Crippen molar-refractivity contribution >= 4 is 11.9 Å². The monoisotopic (exact) mass is 212 g/mol. The van der Waals surface area contributed by atoms with Crippen LogP contribution in [0.2, 0.25) is 0 Å². The number of carbonyl (C=O) groups excluding carboxylic acids is 2. The first kappa shape index (κ1) is 13.2. The van der Waals surface area contributed by atoms with Gasteiger partial charge in [-0.3, -0.25) is 4.79 Å². The van der Waals surface area contributed by atoms with Crippen molar-refractivity contribution in [2.45, 2.75) is 20.8 Å². The molecule has 1 amide bonds. The minimum absolute atomic E-state index is 0.153. The fourth-order valence-electron chi connectivity index (χ4n) is 0.735.